The SMILES string of the molecule is CCOCc1cc2cnc(CO)cc2n1C(=O)OC(C)(C)C. The van der Waals surface area contributed by atoms with Crippen molar-refractivity contribution in [2.24, 2.45) is 0 Å². The number of aromatic nitrogens is 2. The average Bonchev–Trinajstić information content (AvgIpc) is 2.80. The third kappa shape index (κ3) is 3.64. The van der Waals surface area contributed by atoms with Crippen molar-refractivity contribution in [1.29, 1.82) is 0 Å². The summed E-state index contributed by atoms with van der Waals surface area (Å²) >= 11 is 0. The number of hydrogen-bond acceptors (Lipinski definition) is 5. The predicted molar refractivity (Wildman–Crippen MR) is 82.6 cm³/mol. The van der Waals surface area contributed by atoms with Crippen LogP contribution in [0, 0.1) is 0 Å². The molecule has 0 aliphatic heterocycles. The van der Waals surface area contributed by atoms with Gasteiger partial charge in [-0.25, -0.2) is 9.36 Å². The molecule has 0 saturated heterocycles. The van der Waals surface area contributed by atoms with Crippen molar-refractivity contribution < 1.29 is 19.4 Å². The first-order valence-corrected chi connectivity index (χ1v) is 7.27. The molecule has 1 N–H and O–H groups in total. The van der Waals surface area contributed by atoms with E-state index in [1.165, 1.54) is 4.57 Å². The summed E-state index contributed by atoms with van der Waals surface area (Å²) in [5, 5.41) is 10.1. The maximum atomic E-state index is 12.5. The Bertz CT molecular complexity index is 671. The molecule has 22 heavy (non-hydrogen) atoms. The number of ether oxygens (including phenoxy) is 2. The highest BCUT2D eigenvalue weighted by Crippen LogP contribution is 2.23. The van der Waals surface area contributed by atoms with E-state index >= 15 is 0 Å². The first-order valence-electron chi connectivity index (χ1n) is 7.27. The van der Waals surface area contributed by atoms with Crippen LogP contribution in [0.1, 0.15) is 39.1 Å². The zero-order valence-electron chi connectivity index (χ0n) is 13.4. The largest absolute Gasteiger partial charge is 0.443 e. The van der Waals surface area contributed by atoms with Gasteiger partial charge in [0.05, 0.1) is 30.1 Å². The molecule has 6 heteroatoms. The molecule has 0 spiro atoms. The minimum Gasteiger partial charge on any atom is -0.443 e. The minimum atomic E-state index is -0.594. The lowest BCUT2D eigenvalue weighted by molar-refractivity contribution is 0.0522. The molecule has 0 radical (unpaired) electrons. The van der Waals surface area contributed by atoms with Gasteiger partial charge in [-0.15, -0.1) is 0 Å². The number of aliphatic hydroxyl groups is 1. The smallest absolute Gasteiger partial charge is 0.419 e. The Morgan fingerprint density at radius 2 is 2.09 bits per heavy atom. The maximum absolute atomic E-state index is 12.5. The molecule has 2 aromatic heterocycles. The summed E-state index contributed by atoms with van der Waals surface area (Å²) in [7, 11) is 0. The summed E-state index contributed by atoms with van der Waals surface area (Å²) in [6, 6.07) is 3.54. The number of nitrogens with zero attached hydrogens (tertiary/aromatic N) is 2. The zero-order chi connectivity index (χ0) is 16.3. The number of fused-ring (bicyclic) bond motifs is 1. The Kier molecular flexibility index (Phi) is 4.83. The van der Waals surface area contributed by atoms with Crippen LogP contribution >= 0.6 is 0 Å². The summed E-state index contributed by atoms with van der Waals surface area (Å²) in [6.07, 6.45) is 1.17. The van der Waals surface area contributed by atoms with E-state index in [-0.39, 0.29) is 6.61 Å². The number of pyridine rings is 1. The zero-order valence-corrected chi connectivity index (χ0v) is 13.4. The molecule has 0 amide bonds. The van der Waals surface area contributed by atoms with Crippen molar-refractivity contribution >= 4 is 17.0 Å². The van der Waals surface area contributed by atoms with Gasteiger partial charge in [0.15, 0.2) is 0 Å². The van der Waals surface area contributed by atoms with Crippen molar-refractivity contribution in [3.63, 3.8) is 0 Å². The maximum Gasteiger partial charge on any atom is 0.419 e. The van der Waals surface area contributed by atoms with Crippen molar-refractivity contribution in [2.45, 2.75) is 46.5 Å². The monoisotopic (exact) mass is 306 g/mol. The Balaban J connectivity index is 2.52. The van der Waals surface area contributed by atoms with Crippen LogP contribution in [0.4, 0.5) is 4.79 Å². The fraction of sp³-hybridized carbons (Fsp3) is 0.500. The van der Waals surface area contributed by atoms with Crippen molar-refractivity contribution in [1.82, 2.24) is 9.55 Å². The topological polar surface area (TPSA) is 73.6 Å². The first-order chi connectivity index (χ1) is 10.4. The van der Waals surface area contributed by atoms with Gasteiger partial charge in [0.2, 0.25) is 0 Å². The molecule has 0 aliphatic carbocycles. The van der Waals surface area contributed by atoms with E-state index in [0.717, 1.165) is 5.39 Å². The van der Waals surface area contributed by atoms with Gasteiger partial charge in [0.25, 0.3) is 0 Å². The summed E-state index contributed by atoms with van der Waals surface area (Å²) in [4.78, 5) is 16.7. The van der Waals surface area contributed by atoms with Crippen LogP contribution in [0.2, 0.25) is 0 Å². The van der Waals surface area contributed by atoms with E-state index in [2.05, 4.69) is 4.98 Å². The second-order valence-corrected chi connectivity index (χ2v) is 5.98. The number of hydrogen-bond donors (Lipinski definition) is 1. The number of rotatable bonds is 4. The van der Waals surface area contributed by atoms with E-state index in [1.807, 2.05) is 33.8 Å². The second-order valence-electron chi connectivity index (χ2n) is 5.98. The van der Waals surface area contributed by atoms with Crippen molar-refractivity contribution in [2.75, 3.05) is 6.61 Å². The Morgan fingerprint density at radius 1 is 1.36 bits per heavy atom. The van der Waals surface area contributed by atoms with Crippen LogP contribution in [-0.2, 0) is 22.7 Å². The predicted octanol–water partition coefficient (Wildman–Crippen LogP) is 2.85. The lowest BCUT2D eigenvalue weighted by Gasteiger charge is -2.21. The van der Waals surface area contributed by atoms with Gasteiger partial charge in [-0.2, -0.15) is 0 Å². The summed E-state index contributed by atoms with van der Waals surface area (Å²) in [6.45, 7) is 8.02. The van der Waals surface area contributed by atoms with Crippen LogP contribution in [0.5, 0.6) is 0 Å². The molecule has 0 aliphatic rings. The number of carbonyl (C=O) groups excluding carboxylic acids is 1. The van der Waals surface area contributed by atoms with Gasteiger partial charge >= 0.3 is 6.09 Å². The Labute approximate surface area is 129 Å². The molecule has 120 valence electrons. The molecule has 2 aromatic rings. The Hall–Kier alpha value is -1.92. The van der Waals surface area contributed by atoms with Crippen LogP contribution in [0.25, 0.3) is 10.9 Å². The quantitative estimate of drug-likeness (QED) is 0.940. The van der Waals surface area contributed by atoms with Gasteiger partial charge in [-0.1, -0.05) is 0 Å². The van der Waals surface area contributed by atoms with Crippen LogP contribution in [0.15, 0.2) is 18.3 Å². The summed E-state index contributed by atoms with van der Waals surface area (Å²) in [5.74, 6) is 0. The van der Waals surface area contributed by atoms with Crippen molar-refractivity contribution in [3.8, 4) is 0 Å². The molecule has 0 atom stereocenters. The molecule has 0 bridgehead atoms. The van der Waals surface area contributed by atoms with Crippen LogP contribution in [-0.4, -0.2) is 33.0 Å². The summed E-state index contributed by atoms with van der Waals surface area (Å²) < 4.78 is 12.4. The van der Waals surface area contributed by atoms with Gasteiger partial charge in [0, 0.05) is 18.2 Å². The molecule has 0 unspecified atom stereocenters. The van der Waals surface area contributed by atoms with Gasteiger partial charge in [-0.3, -0.25) is 4.98 Å². The molecule has 0 saturated carbocycles. The first kappa shape index (κ1) is 16.5. The van der Waals surface area contributed by atoms with E-state index in [4.69, 9.17) is 9.47 Å². The normalized spacial score (nSPS) is 11.9. The lowest BCUT2D eigenvalue weighted by Crippen LogP contribution is -2.28. The minimum absolute atomic E-state index is 0.184. The van der Waals surface area contributed by atoms with E-state index < -0.39 is 11.7 Å². The van der Waals surface area contributed by atoms with E-state index in [1.54, 1.807) is 12.3 Å². The molecular weight excluding hydrogens is 284 g/mol. The standard InChI is InChI=1S/C16H22N2O4/c1-5-21-10-13-6-11-8-17-12(9-19)7-14(11)18(13)15(20)22-16(2,3)4/h6-8,19H,5,9-10H2,1-4H3. The van der Waals surface area contributed by atoms with Crippen LogP contribution < -0.4 is 0 Å². The van der Waals surface area contributed by atoms with E-state index in [0.29, 0.717) is 30.1 Å². The second kappa shape index (κ2) is 6.46. The summed E-state index contributed by atoms with van der Waals surface area (Å²) in [5.41, 5.74) is 1.26. The number of aliphatic hydroxyl groups excluding tert-OH is 1. The molecule has 2 rings (SSSR count). The average molecular weight is 306 g/mol. The van der Waals surface area contributed by atoms with Gasteiger partial charge in [0.1, 0.15) is 5.60 Å². The molecule has 6 nitrogen and oxygen atoms in total. The van der Waals surface area contributed by atoms with Gasteiger partial charge < -0.3 is 14.6 Å². The molecule has 0 aromatic carbocycles. The third-order valence-corrected chi connectivity index (χ3v) is 3.01. The highest BCUT2D eigenvalue weighted by Gasteiger charge is 2.22. The number of carbonyl (C=O) groups is 1. The Morgan fingerprint density at radius 3 is 2.68 bits per heavy atom. The lowest BCUT2D eigenvalue weighted by atomic mass is 10.2. The van der Waals surface area contributed by atoms with E-state index in [9.17, 15) is 9.90 Å². The van der Waals surface area contributed by atoms with Crippen molar-refractivity contribution in [3.05, 3.63) is 29.7 Å². The highest BCUT2D eigenvalue weighted by atomic mass is 16.6. The highest BCUT2D eigenvalue weighted by molar-refractivity contribution is 5.90. The fourth-order valence-corrected chi connectivity index (χ4v) is 2.12. The van der Waals surface area contributed by atoms with Gasteiger partial charge in [-0.05, 0) is 39.8 Å². The van der Waals surface area contributed by atoms with Crippen LogP contribution in [0.3, 0.4) is 0 Å². The fourth-order valence-electron chi connectivity index (χ4n) is 2.12. The molecule has 0 fully saturated rings. The molecule has 2 heterocycles. The molecular formula is C16H22N2O4. The third-order valence-electron chi connectivity index (χ3n) is 3.01.